The van der Waals surface area contributed by atoms with Crippen molar-refractivity contribution in [3.63, 3.8) is 0 Å². The van der Waals surface area contributed by atoms with E-state index in [9.17, 15) is 9.18 Å². The van der Waals surface area contributed by atoms with Crippen molar-refractivity contribution in [1.29, 1.82) is 0 Å². The Labute approximate surface area is 117 Å². The predicted molar refractivity (Wildman–Crippen MR) is 77.2 cm³/mol. The van der Waals surface area contributed by atoms with Crippen molar-refractivity contribution in [2.45, 2.75) is 12.8 Å². The Kier molecular flexibility index (Phi) is 4.60. The lowest BCUT2D eigenvalue weighted by Crippen LogP contribution is -2.18. The molecule has 0 saturated carbocycles. The van der Waals surface area contributed by atoms with E-state index in [1.165, 1.54) is 24.3 Å². The minimum absolute atomic E-state index is 0.0870. The molecule has 0 spiro atoms. The van der Waals surface area contributed by atoms with E-state index < -0.39 is 11.7 Å². The Hall–Kier alpha value is -2.49. The summed E-state index contributed by atoms with van der Waals surface area (Å²) in [5.41, 5.74) is 3.74. The first-order valence-electron chi connectivity index (χ1n) is 6.31. The standard InChI is InChI=1S/C16H15FN2O/c1-12(13-6-3-2-4-7-13)11-18-19-16(20)14-8-5-9-15(17)10-14/h2-12H,1H3,(H,19,20)/b18-11-/t12-/m0/s1. The van der Waals surface area contributed by atoms with Gasteiger partial charge in [-0.25, -0.2) is 9.82 Å². The maximum absolute atomic E-state index is 13.0. The molecule has 0 saturated heterocycles. The maximum atomic E-state index is 13.0. The molecule has 0 aliphatic heterocycles. The molecule has 1 atom stereocenters. The normalized spacial score (nSPS) is 12.3. The van der Waals surface area contributed by atoms with Crippen molar-refractivity contribution < 1.29 is 9.18 Å². The van der Waals surface area contributed by atoms with Gasteiger partial charge in [0.2, 0.25) is 0 Å². The molecule has 2 aromatic carbocycles. The summed E-state index contributed by atoms with van der Waals surface area (Å²) >= 11 is 0. The fraction of sp³-hybridized carbons (Fsp3) is 0.125. The van der Waals surface area contributed by atoms with Crippen LogP contribution in [0.1, 0.15) is 28.8 Å². The summed E-state index contributed by atoms with van der Waals surface area (Å²) in [6.07, 6.45) is 1.65. The van der Waals surface area contributed by atoms with Gasteiger partial charge in [-0.05, 0) is 23.8 Å². The number of carbonyl (C=O) groups is 1. The van der Waals surface area contributed by atoms with Gasteiger partial charge in [-0.2, -0.15) is 5.10 Å². The number of halogens is 1. The van der Waals surface area contributed by atoms with Crippen LogP contribution in [0.25, 0.3) is 0 Å². The van der Waals surface area contributed by atoms with Crippen molar-refractivity contribution in [2.24, 2.45) is 5.10 Å². The summed E-state index contributed by atoms with van der Waals surface area (Å²) < 4.78 is 13.0. The van der Waals surface area contributed by atoms with Gasteiger partial charge in [0.05, 0.1) is 0 Å². The first kappa shape index (κ1) is 13.9. The second kappa shape index (κ2) is 6.61. The number of hydrogen-bond acceptors (Lipinski definition) is 2. The zero-order valence-corrected chi connectivity index (χ0v) is 11.1. The number of nitrogens with one attached hydrogen (secondary N) is 1. The molecule has 3 nitrogen and oxygen atoms in total. The first-order chi connectivity index (χ1) is 9.66. The monoisotopic (exact) mass is 270 g/mol. The summed E-state index contributed by atoms with van der Waals surface area (Å²) in [4.78, 5) is 11.7. The van der Waals surface area contributed by atoms with E-state index in [1.54, 1.807) is 6.21 Å². The van der Waals surface area contributed by atoms with Gasteiger partial charge >= 0.3 is 0 Å². The van der Waals surface area contributed by atoms with E-state index in [2.05, 4.69) is 10.5 Å². The first-order valence-corrected chi connectivity index (χ1v) is 6.31. The number of rotatable bonds is 4. The van der Waals surface area contributed by atoms with E-state index in [0.717, 1.165) is 5.56 Å². The van der Waals surface area contributed by atoms with Gasteiger partial charge in [0.25, 0.3) is 5.91 Å². The van der Waals surface area contributed by atoms with Crippen molar-refractivity contribution in [3.05, 3.63) is 71.5 Å². The van der Waals surface area contributed by atoms with Crippen LogP contribution < -0.4 is 5.43 Å². The quantitative estimate of drug-likeness (QED) is 0.672. The fourth-order valence-electron chi connectivity index (χ4n) is 1.74. The molecular weight excluding hydrogens is 255 g/mol. The molecule has 20 heavy (non-hydrogen) atoms. The molecule has 2 rings (SSSR count). The van der Waals surface area contributed by atoms with Crippen molar-refractivity contribution in [1.82, 2.24) is 5.43 Å². The fourth-order valence-corrected chi connectivity index (χ4v) is 1.74. The smallest absolute Gasteiger partial charge is 0.267 e. The molecule has 0 aliphatic carbocycles. The lowest BCUT2D eigenvalue weighted by molar-refractivity contribution is 0.0954. The third kappa shape index (κ3) is 3.75. The lowest BCUT2D eigenvalue weighted by atomic mass is 10.0. The lowest BCUT2D eigenvalue weighted by Gasteiger charge is -2.05. The topological polar surface area (TPSA) is 41.5 Å². The minimum Gasteiger partial charge on any atom is -0.267 e. The number of benzene rings is 2. The Morgan fingerprint density at radius 3 is 2.65 bits per heavy atom. The van der Waals surface area contributed by atoms with E-state index in [1.807, 2.05) is 37.3 Å². The van der Waals surface area contributed by atoms with Crippen LogP contribution in [-0.4, -0.2) is 12.1 Å². The number of nitrogens with zero attached hydrogens (tertiary/aromatic N) is 1. The Balaban J connectivity index is 1.95. The van der Waals surface area contributed by atoms with Gasteiger partial charge in [-0.1, -0.05) is 43.3 Å². The molecule has 0 heterocycles. The number of hydrazone groups is 1. The maximum Gasteiger partial charge on any atom is 0.271 e. The summed E-state index contributed by atoms with van der Waals surface area (Å²) in [5.74, 6) is -0.788. The van der Waals surface area contributed by atoms with E-state index in [0.29, 0.717) is 0 Å². The third-order valence-electron chi connectivity index (χ3n) is 2.88. The minimum atomic E-state index is -0.445. The molecule has 1 amide bonds. The van der Waals surface area contributed by atoms with Gasteiger partial charge in [-0.15, -0.1) is 0 Å². The Morgan fingerprint density at radius 2 is 1.95 bits per heavy atom. The molecule has 0 bridgehead atoms. The number of carbonyl (C=O) groups excluding carboxylic acids is 1. The SMILES string of the molecule is C[C@@H](/C=N\NC(=O)c1cccc(F)c1)c1ccccc1. The van der Waals surface area contributed by atoms with Gasteiger partial charge in [0, 0.05) is 17.7 Å². The molecule has 102 valence electrons. The summed E-state index contributed by atoms with van der Waals surface area (Å²) in [6.45, 7) is 1.98. The van der Waals surface area contributed by atoms with Crippen LogP contribution in [0.2, 0.25) is 0 Å². The molecule has 0 aliphatic rings. The summed E-state index contributed by atoms with van der Waals surface area (Å²) in [6, 6.07) is 15.3. The van der Waals surface area contributed by atoms with Crippen molar-refractivity contribution in [3.8, 4) is 0 Å². The second-order valence-electron chi connectivity index (χ2n) is 4.43. The van der Waals surface area contributed by atoms with Crippen LogP contribution in [0.15, 0.2) is 59.7 Å². The zero-order chi connectivity index (χ0) is 14.4. The van der Waals surface area contributed by atoms with Gasteiger partial charge in [0.15, 0.2) is 0 Å². The van der Waals surface area contributed by atoms with Crippen LogP contribution in [0.3, 0.4) is 0 Å². The number of hydrogen-bond donors (Lipinski definition) is 1. The van der Waals surface area contributed by atoms with Crippen LogP contribution in [0.4, 0.5) is 4.39 Å². The molecule has 0 radical (unpaired) electrons. The largest absolute Gasteiger partial charge is 0.271 e. The highest BCUT2D eigenvalue weighted by atomic mass is 19.1. The van der Waals surface area contributed by atoms with E-state index in [-0.39, 0.29) is 11.5 Å². The summed E-state index contributed by atoms with van der Waals surface area (Å²) in [5, 5.41) is 3.91. The highest BCUT2D eigenvalue weighted by molar-refractivity contribution is 5.94. The average Bonchev–Trinajstić information content (AvgIpc) is 2.48. The Bertz CT molecular complexity index is 611. The van der Waals surface area contributed by atoms with Crippen molar-refractivity contribution >= 4 is 12.1 Å². The number of amides is 1. The van der Waals surface area contributed by atoms with Crippen LogP contribution in [0.5, 0.6) is 0 Å². The van der Waals surface area contributed by atoms with Gasteiger partial charge in [-0.3, -0.25) is 4.79 Å². The summed E-state index contributed by atoms with van der Waals surface area (Å²) in [7, 11) is 0. The van der Waals surface area contributed by atoms with E-state index >= 15 is 0 Å². The van der Waals surface area contributed by atoms with Gasteiger partial charge in [0.1, 0.15) is 5.82 Å². The molecule has 1 N–H and O–H groups in total. The molecule has 4 heteroatoms. The second-order valence-corrected chi connectivity index (χ2v) is 4.43. The van der Waals surface area contributed by atoms with Crippen LogP contribution >= 0.6 is 0 Å². The average molecular weight is 270 g/mol. The van der Waals surface area contributed by atoms with Gasteiger partial charge < -0.3 is 0 Å². The predicted octanol–water partition coefficient (Wildman–Crippen LogP) is 3.35. The Morgan fingerprint density at radius 1 is 1.20 bits per heavy atom. The molecule has 2 aromatic rings. The molecule has 0 fully saturated rings. The molecular formula is C16H15FN2O. The van der Waals surface area contributed by atoms with Crippen LogP contribution in [-0.2, 0) is 0 Å². The highest BCUT2D eigenvalue weighted by Crippen LogP contribution is 2.11. The zero-order valence-electron chi connectivity index (χ0n) is 11.1. The van der Waals surface area contributed by atoms with Crippen LogP contribution in [0, 0.1) is 5.82 Å². The highest BCUT2D eigenvalue weighted by Gasteiger charge is 2.05. The molecule has 0 unspecified atom stereocenters. The van der Waals surface area contributed by atoms with E-state index in [4.69, 9.17) is 0 Å². The van der Waals surface area contributed by atoms with Crippen molar-refractivity contribution in [2.75, 3.05) is 0 Å². The third-order valence-corrected chi connectivity index (χ3v) is 2.88. The molecule has 0 aromatic heterocycles.